The summed E-state index contributed by atoms with van der Waals surface area (Å²) in [6, 6.07) is 13.1. The fourth-order valence-electron chi connectivity index (χ4n) is 3.26. The molecule has 3 rings (SSSR count). The summed E-state index contributed by atoms with van der Waals surface area (Å²) in [6.45, 7) is 9.22. The van der Waals surface area contributed by atoms with Crippen molar-refractivity contribution in [2.45, 2.75) is 18.7 Å². The first-order valence-electron chi connectivity index (χ1n) is 9.80. The average Bonchev–Trinajstić information content (AvgIpc) is 2.74. The molecule has 1 saturated heterocycles. The van der Waals surface area contributed by atoms with Crippen LogP contribution in [0, 0.1) is 0 Å². The first kappa shape index (κ1) is 21.1. The van der Waals surface area contributed by atoms with Crippen LogP contribution in [0.3, 0.4) is 0 Å². The maximum absolute atomic E-state index is 12.6. The maximum atomic E-state index is 12.6. The molecule has 1 fully saturated rings. The number of carbonyl (C=O) groups excluding carboxylic acids is 1. The second kappa shape index (κ2) is 9.28. The van der Waals surface area contributed by atoms with Gasteiger partial charge in [0.05, 0.1) is 17.1 Å². The van der Waals surface area contributed by atoms with Gasteiger partial charge in [-0.2, -0.15) is 0 Å². The largest absolute Gasteiger partial charge is 0.462 e. The average molecular weight is 418 g/mol. The molecule has 1 aliphatic heterocycles. The Kier molecular flexibility index (Phi) is 6.76. The van der Waals surface area contributed by atoms with Gasteiger partial charge in [-0.1, -0.05) is 6.92 Å². The summed E-state index contributed by atoms with van der Waals surface area (Å²) in [5.41, 5.74) is 1.90. The molecule has 0 saturated carbocycles. The van der Waals surface area contributed by atoms with Crippen LogP contribution >= 0.6 is 0 Å². The third-order valence-corrected chi connectivity index (χ3v) is 6.38. The Hall–Kier alpha value is -2.58. The highest BCUT2D eigenvalue weighted by molar-refractivity contribution is 7.92. The Morgan fingerprint density at radius 3 is 2.14 bits per heavy atom. The smallest absolute Gasteiger partial charge is 0.338 e. The van der Waals surface area contributed by atoms with Crippen molar-refractivity contribution in [1.82, 2.24) is 4.90 Å². The minimum Gasteiger partial charge on any atom is -0.462 e. The van der Waals surface area contributed by atoms with E-state index < -0.39 is 16.0 Å². The molecule has 7 nitrogen and oxygen atoms in total. The molecule has 8 heteroatoms. The van der Waals surface area contributed by atoms with Crippen LogP contribution in [0.4, 0.5) is 11.4 Å². The zero-order chi connectivity index (χ0) is 20.9. The molecule has 29 heavy (non-hydrogen) atoms. The van der Waals surface area contributed by atoms with Gasteiger partial charge in [-0.25, -0.2) is 13.2 Å². The van der Waals surface area contributed by atoms with Crippen molar-refractivity contribution in [3.63, 3.8) is 0 Å². The topological polar surface area (TPSA) is 78.9 Å². The Morgan fingerprint density at radius 1 is 0.966 bits per heavy atom. The van der Waals surface area contributed by atoms with E-state index in [1.807, 2.05) is 12.1 Å². The normalized spacial score (nSPS) is 15.2. The molecule has 0 amide bonds. The third kappa shape index (κ3) is 5.27. The van der Waals surface area contributed by atoms with Crippen molar-refractivity contribution in [2.75, 3.05) is 49.0 Å². The number of ether oxygens (including phenoxy) is 1. The molecular formula is C21H27N3O4S. The lowest BCUT2D eigenvalue weighted by Gasteiger charge is -2.35. The Bertz CT molecular complexity index is 919. The predicted octanol–water partition coefficient (Wildman–Crippen LogP) is 2.81. The molecular weight excluding hydrogens is 390 g/mol. The number of carbonyl (C=O) groups is 1. The van der Waals surface area contributed by atoms with Gasteiger partial charge in [0.15, 0.2) is 0 Å². The van der Waals surface area contributed by atoms with Crippen LogP contribution in [0.2, 0.25) is 0 Å². The number of likely N-dealkylation sites (N-methyl/N-ethyl adjacent to an activating group) is 1. The fourth-order valence-corrected chi connectivity index (χ4v) is 4.32. The van der Waals surface area contributed by atoms with Gasteiger partial charge >= 0.3 is 5.97 Å². The fraction of sp³-hybridized carbons (Fsp3) is 0.381. The number of hydrogen-bond acceptors (Lipinski definition) is 6. The van der Waals surface area contributed by atoms with Crippen LogP contribution in [0.1, 0.15) is 24.2 Å². The number of nitrogens with zero attached hydrogens (tertiary/aromatic N) is 2. The van der Waals surface area contributed by atoms with Gasteiger partial charge in [0.25, 0.3) is 10.0 Å². The zero-order valence-corrected chi connectivity index (χ0v) is 17.6. The van der Waals surface area contributed by atoms with Crippen molar-refractivity contribution in [1.29, 1.82) is 0 Å². The molecule has 2 aromatic carbocycles. The molecule has 1 aliphatic rings. The first-order valence-corrected chi connectivity index (χ1v) is 11.3. The molecule has 0 radical (unpaired) electrons. The number of rotatable bonds is 7. The van der Waals surface area contributed by atoms with E-state index in [9.17, 15) is 13.2 Å². The highest BCUT2D eigenvalue weighted by Crippen LogP contribution is 2.22. The highest BCUT2D eigenvalue weighted by Gasteiger charge is 2.18. The monoisotopic (exact) mass is 417 g/mol. The second-order valence-electron chi connectivity index (χ2n) is 6.82. The SMILES string of the molecule is CCOC(=O)c1ccc(S(=O)(=O)Nc2ccc(N3CCN(CC)CC3)cc2)cc1. The van der Waals surface area contributed by atoms with Gasteiger partial charge in [0, 0.05) is 37.6 Å². The molecule has 0 unspecified atom stereocenters. The van der Waals surface area contributed by atoms with Crippen molar-refractivity contribution in [3.8, 4) is 0 Å². The van der Waals surface area contributed by atoms with E-state index >= 15 is 0 Å². The number of sulfonamides is 1. The molecule has 0 aromatic heterocycles. The van der Waals surface area contributed by atoms with Gasteiger partial charge in [0.2, 0.25) is 0 Å². The molecule has 0 atom stereocenters. The third-order valence-electron chi connectivity index (χ3n) is 4.98. The summed E-state index contributed by atoms with van der Waals surface area (Å²) in [6.07, 6.45) is 0. The Balaban J connectivity index is 1.65. The van der Waals surface area contributed by atoms with E-state index in [-0.39, 0.29) is 11.5 Å². The number of hydrogen-bond donors (Lipinski definition) is 1. The quantitative estimate of drug-likeness (QED) is 0.698. The van der Waals surface area contributed by atoms with E-state index in [4.69, 9.17) is 4.74 Å². The molecule has 1 N–H and O–H groups in total. The van der Waals surface area contributed by atoms with E-state index in [0.29, 0.717) is 11.3 Å². The number of nitrogens with one attached hydrogen (secondary N) is 1. The van der Waals surface area contributed by atoms with Crippen molar-refractivity contribution in [3.05, 3.63) is 54.1 Å². The number of benzene rings is 2. The molecule has 0 spiro atoms. The summed E-state index contributed by atoms with van der Waals surface area (Å²) in [5, 5.41) is 0. The summed E-state index contributed by atoms with van der Waals surface area (Å²) < 4.78 is 32.7. The van der Waals surface area contributed by atoms with Crippen molar-refractivity contribution >= 4 is 27.4 Å². The zero-order valence-electron chi connectivity index (χ0n) is 16.8. The molecule has 156 valence electrons. The maximum Gasteiger partial charge on any atom is 0.338 e. The lowest BCUT2D eigenvalue weighted by molar-refractivity contribution is 0.0526. The van der Waals surface area contributed by atoms with E-state index in [1.54, 1.807) is 19.1 Å². The van der Waals surface area contributed by atoms with Crippen LogP contribution < -0.4 is 9.62 Å². The van der Waals surface area contributed by atoms with Crippen LogP contribution in [0.15, 0.2) is 53.4 Å². The lowest BCUT2D eigenvalue weighted by atomic mass is 10.2. The highest BCUT2D eigenvalue weighted by atomic mass is 32.2. The minimum atomic E-state index is -3.74. The second-order valence-corrected chi connectivity index (χ2v) is 8.50. The van der Waals surface area contributed by atoms with Gasteiger partial charge < -0.3 is 14.5 Å². The lowest BCUT2D eigenvalue weighted by Crippen LogP contribution is -2.46. The molecule has 1 heterocycles. The van der Waals surface area contributed by atoms with Crippen LogP contribution in [-0.2, 0) is 14.8 Å². The van der Waals surface area contributed by atoms with E-state index in [0.717, 1.165) is 38.4 Å². The van der Waals surface area contributed by atoms with Crippen LogP contribution in [0.5, 0.6) is 0 Å². The summed E-state index contributed by atoms with van der Waals surface area (Å²) in [4.78, 5) is 16.5. The summed E-state index contributed by atoms with van der Waals surface area (Å²) in [7, 11) is -3.74. The standard InChI is InChI=1S/C21H27N3O4S/c1-3-23-13-15-24(16-14-23)19-9-7-18(8-10-19)22-29(26,27)20-11-5-17(6-12-20)21(25)28-4-2/h5-12,22H,3-4,13-16H2,1-2H3. The summed E-state index contributed by atoms with van der Waals surface area (Å²) in [5.74, 6) is -0.472. The van der Waals surface area contributed by atoms with Gasteiger partial charge in [-0.15, -0.1) is 0 Å². The van der Waals surface area contributed by atoms with Crippen LogP contribution in [-0.4, -0.2) is 58.6 Å². The molecule has 0 aliphatic carbocycles. The van der Waals surface area contributed by atoms with Gasteiger partial charge in [-0.3, -0.25) is 4.72 Å². The molecule has 2 aromatic rings. The van der Waals surface area contributed by atoms with Crippen LogP contribution in [0.25, 0.3) is 0 Å². The Morgan fingerprint density at radius 2 is 1.59 bits per heavy atom. The van der Waals surface area contributed by atoms with Crippen molar-refractivity contribution in [2.24, 2.45) is 0 Å². The van der Waals surface area contributed by atoms with Gasteiger partial charge in [-0.05, 0) is 62.0 Å². The molecule has 0 bridgehead atoms. The van der Waals surface area contributed by atoms with E-state index in [1.165, 1.54) is 24.3 Å². The number of anilines is 2. The minimum absolute atomic E-state index is 0.0883. The first-order chi connectivity index (χ1) is 13.9. The Labute approximate surface area is 172 Å². The van der Waals surface area contributed by atoms with Gasteiger partial charge in [0.1, 0.15) is 0 Å². The number of esters is 1. The predicted molar refractivity (Wildman–Crippen MR) is 114 cm³/mol. The summed E-state index contributed by atoms with van der Waals surface area (Å²) >= 11 is 0. The van der Waals surface area contributed by atoms with Crippen molar-refractivity contribution < 1.29 is 17.9 Å². The van der Waals surface area contributed by atoms with E-state index in [2.05, 4.69) is 21.4 Å². The number of piperazine rings is 1.